The Morgan fingerprint density at radius 1 is 1.42 bits per heavy atom. The molecule has 19 heavy (non-hydrogen) atoms. The Hall–Kier alpha value is -0.320. The van der Waals surface area contributed by atoms with Gasteiger partial charge in [0.2, 0.25) is 0 Å². The minimum absolute atomic E-state index is 0.353. The molecule has 1 saturated heterocycles. The van der Waals surface area contributed by atoms with Crippen LogP contribution >= 0.6 is 15.9 Å². The molecule has 1 aliphatic heterocycles. The van der Waals surface area contributed by atoms with Gasteiger partial charge in [-0.15, -0.1) is 0 Å². The van der Waals surface area contributed by atoms with Gasteiger partial charge in [-0.1, -0.05) is 15.9 Å². The van der Waals surface area contributed by atoms with Crippen molar-refractivity contribution in [2.75, 3.05) is 19.6 Å². The number of nitrogens with zero attached hydrogens (tertiary/aromatic N) is 1. The Bertz CT molecular complexity index is 396. The lowest BCUT2D eigenvalue weighted by atomic mass is 10.1. The Kier molecular flexibility index (Phi) is 4.01. The molecule has 0 aromatic carbocycles. The molecule has 2 atom stereocenters. The number of hydrogen-bond donors (Lipinski definition) is 1. The standard InChI is InChI=1S/C15H23BrN2O/c1-12(15(16)6-7-15)17-11-13(14-5-4-10-19-14)18-8-2-3-9-18/h4-5,10,12-13,17H,2-3,6-9,11H2,1H3. The van der Waals surface area contributed by atoms with Crippen LogP contribution in [0.1, 0.15) is 44.4 Å². The van der Waals surface area contributed by atoms with Crippen molar-refractivity contribution in [1.82, 2.24) is 10.2 Å². The average molecular weight is 327 g/mol. The maximum absolute atomic E-state index is 5.65. The first kappa shape index (κ1) is 13.7. The third-order valence-corrected chi connectivity index (χ3v) is 6.05. The van der Waals surface area contributed by atoms with Gasteiger partial charge in [0.1, 0.15) is 5.76 Å². The monoisotopic (exact) mass is 326 g/mol. The first-order chi connectivity index (χ1) is 9.19. The summed E-state index contributed by atoms with van der Waals surface area (Å²) in [7, 11) is 0. The molecule has 1 aromatic rings. The van der Waals surface area contributed by atoms with E-state index in [9.17, 15) is 0 Å². The molecule has 1 saturated carbocycles. The fraction of sp³-hybridized carbons (Fsp3) is 0.733. The predicted molar refractivity (Wildman–Crippen MR) is 80.6 cm³/mol. The van der Waals surface area contributed by atoms with Crippen molar-refractivity contribution in [2.24, 2.45) is 0 Å². The Labute approximate surface area is 123 Å². The highest BCUT2D eigenvalue weighted by atomic mass is 79.9. The number of likely N-dealkylation sites (tertiary alicyclic amines) is 1. The highest BCUT2D eigenvalue weighted by Gasteiger charge is 2.45. The van der Waals surface area contributed by atoms with E-state index in [1.807, 2.05) is 6.07 Å². The second kappa shape index (κ2) is 5.58. The maximum atomic E-state index is 5.65. The van der Waals surface area contributed by atoms with Crippen LogP contribution in [0.3, 0.4) is 0 Å². The van der Waals surface area contributed by atoms with Gasteiger partial charge >= 0.3 is 0 Å². The minimum atomic E-state index is 0.353. The molecule has 0 bridgehead atoms. The fourth-order valence-electron chi connectivity index (χ4n) is 2.97. The lowest BCUT2D eigenvalue weighted by Gasteiger charge is -2.28. The number of alkyl halides is 1. The van der Waals surface area contributed by atoms with E-state index in [0.717, 1.165) is 12.3 Å². The number of rotatable bonds is 6. The van der Waals surface area contributed by atoms with E-state index in [0.29, 0.717) is 16.4 Å². The molecular weight excluding hydrogens is 304 g/mol. The highest BCUT2D eigenvalue weighted by molar-refractivity contribution is 9.10. The van der Waals surface area contributed by atoms with Crippen molar-refractivity contribution in [3.63, 3.8) is 0 Å². The molecule has 0 radical (unpaired) electrons. The van der Waals surface area contributed by atoms with Gasteiger partial charge in [-0.05, 0) is 57.8 Å². The second-order valence-corrected chi connectivity index (χ2v) is 7.52. The zero-order chi connectivity index (χ0) is 13.3. The van der Waals surface area contributed by atoms with Gasteiger partial charge in [0.15, 0.2) is 0 Å². The largest absolute Gasteiger partial charge is 0.468 e. The van der Waals surface area contributed by atoms with Crippen molar-refractivity contribution in [1.29, 1.82) is 0 Å². The summed E-state index contributed by atoms with van der Waals surface area (Å²) in [4.78, 5) is 2.55. The SMILES string of the molecule is CC(NCC(c1ccco1)N1CCCC1)C1(Br)CC1. The normalized spacial score (nSPS) is 25.4. The van der Waals surface area contributed by atoms with Gasteiger partial charge in [-0.3, -0.25) is 4.90 Å². The van der Waals surface area contributed by atoms with Gasteiger partial charge in [0, 0.05) is 16.9 Å². The third kappa shape index (κ3) is 3.06. The average Bonchev–Trinajstić information content (AvgIpc) is 2.91. The molecule has 1 aliphatic carbocycles. The zero-order valence-electron chi connectivity index (χ0n) is 11.6. The molecule has 1 aromatic heterocycles. The molecule has 3 rings (SSSR count). The number of halogens is 1. The second-order valence-electron chi connectivity index (χ2n) is 5.94. The van der Waals surface area contributed by atoms with Crippen molar-refractivity contribution >= 4 is 15.9 Å². The molecule has 2 heterocycles. The van der Waals surface area contributed by atoms with E-state index < -0.39 is 0 Å². The minimum Gasteiger partial charge on any atom is -0.468 e. The van der Waals surface area contributed by atoms with Gasteiger partial charge in [-0.25, -0.2) is 0 Å². The molecular formula is C15H23BrN2O. The highest BCUT2D eigenvalue weighted by Crippen LogP contribution is 2.47. The van der Waals surface area contributed by atoms with Crippen LogP contribution in [0.4, 0.5) is 0 Å². The smallest absolute Gasteiger partial charge is 0.122 e. The van der Waals surface area contributed by atoms with Crippen LogP contribution < -0.4 is 5.32 Å². The van der Waals surface area contributed by atoms with Crippen LogP contribution in [0.5, 0.6) is 0 Å². The lowest BCUT2D eigenvalue weighted by Crippen LogP contribution is -2.41. The van der Waals surface area contributed by atoms with Crippen LogP contribution in [-0.4, -0.2) is 34.9 Å². The molecule has 0 spiro atoms. The van der Waals surface area contributed by atoms with Crippen molar-refractivity contribution in [3.05, 3.63) is 24.2 Å². The van der Waals surface area contributed by atoms with Gasteiger partial charge in [-0.2, -0.15) is 0 Å². The first-order valence-corrected chi connectivity index (χ1v) is 8.18. The summed E-state index contributed by atoms with van der Waals surface area (Å²) in [5, 5.41) is 3.70. The summed E-state index contributed by atoms with van der Waals surface area (Å²) < 4.78 is 6.00. The first-order valence-electron chi connectivity index (χ1n) is 7.39. The summed E-state index contributed by atoms with van der Waals surface area (Å²) in [6, 6.07) is 5.01. The van der Waals surface area contributed by atoms with Crippen LogP contribution in [0.15, 0.2) is 22.8 Å². The number of nitrogens with one attached hydrogen (secondary N) is 1. The van der Waals surface area contributed by atoms with Crippen LogP contribution in [0.2, 0.25) is 0 Å². The predicted octanol–water partition coefficient (Wildman–Crippen LogP) is 3.32. The summed E-state index contributed by atoms with van der Waals surface area (Å²) >= 11 is 3.84. The molecule has 106 valence electrons. The quantitative estimate of drug-likeness (QED) is 0.813. The van der Waals surface area contributed by atoms with Gasteiger partial charge in [0.05, 0.1) is 12.3 Å². The summed E-state index contributed by atoms with van der Waals surface area (Å²) in [5.41, 5.74) is 0. The molecule has 2 fully saturated rings. The maximum Gasteiger partial charge on any atom is 0.122 e. The van der Waals surface area contributed by atoms with Crippen LogP contribution in [0, 0.1) is 0 Å². The summed E-state index contributed by atoms with van der Waals surface area (Å²) in [6.45, 7) is 5.65. The van der Waals surface area contributed by atoms with Crippen LogP contribution in [-0.2, 0) is 0 Å². The molecule has 0 amide bonds. The van der Waals surface area contributed by atoms with Crippen molar-refractivity contribution < 1.29 is 4.42 Å². The third-order valence-electron chi connectivity index (χ3n) is 4.57. The van der Waals surface area contributed by atoms with Crippen LogP contribution in [0.25, 0.3) is 0 Å². The van der Waals surface area contributed by atoms with E-state index in [1.54, 1.807) is 6.26 Å². The van der Waals surface area contributed by atoms with E-state index in [-0.39, 0.29) is 0 Å². The molecule has 4 heteroatoms. The van der Waals surface area contributed by atoms with Crippen molar-refractivity contribution in [2.45, 2.75) is 49.0 Å². The van der Waals surface area contributed by atoms with E-state index in [2.05, 4.69) is 39.1 Å². The topological polar surface area (TPSA) is 28.4 Å². The number of furan rings is 1. The van der Waals surface area contributed by atoms with Crippen molar-refractivity contribution in [3.8, 4) is 0 Å². The lowest BCUT2D eigenvalue weighted by molar-refractivity contribution is 0.205. The summed E-state index contributed by atoms with van der Waals surface area (Å²) in [6.07, 6.45) is 6.99. The Morgan fingerprint density at radius 2 is 2.16 bits per heavy atom. The molecule has 2 aliphatic rings. The molecule has 3 nitrogen and oxygen atoms in total. The summed E-state index contributed by atoms with van der Waals surface area (Å²) in [5.74, 6) is 1.10. The Morgan fingerprint density at radius 3 is 2.74 bits per heavy atom. The number of hydrogen-bond acceptors (Lipinski definition) is 3. The van der Waals surface area contributed by atoms with E-state index in [4.69, 9.17) is 4.42 Å². The Balaban J connectivity index is 1.62. The van der Waals surface area contributed by atoms with E-state index >= 15 is 0 Å². The fourth-order valence-corrected chi connectivity index (χ4v) is 3.33. The zero-order valence-corrected chi connectivity index (χ0v) is 13.2. The molecule has 1 N–H and O–H groups in total. The molecule has 2 unspecified atom stereocenters. The van der Waals surface area contributed by atoms with Gasteiger partial charge in [0.25, 0.3) is 0 Å². The van der Waals surface area contributed by atoms with Gasteiger partial charge < -0.3 is 9.73 Å². The van der Waals surface area contributed by atoms with E-state index in [1.165, 1.54) is 38.8 Å².